The molecule has 1 saturated heterocycles. The second-order valence-electron chi connectivity index (χ2n) is 6.43. The molecule has 2 aromatic carbocycles. The van der Waals surface area contributed by atoms with Gasteiger partial charge in [-0.3, -0.25) is 9.59 Å². The molecule has 1 fully saturated rings. The van der Waals surface area contributed by atoms with Crippen molar-refractivity contribution < 1.29 is 14.3 Å². The average Bonchev–Trinajstić information content (AvgIpc) is 2.68. The molecule has 1 amide bonds. The first-order valence-electron chi connectivity index (χ1n) is 8.65. The number of carbonyl (C=O) groups is 2. The fourth-order valence-corrected chi connectivity index (χ4v) is 3.33. The van der Waals surface area contributed by atoms with Gasteiger partial charge in [-0.15, -0.1) is 0 Å². The summed E-state index contributed by atoms with van der Waals surface area (Å²) in [7, 11) is 1.64. The Morgan fingerprint density at radius 3 is 2.36 bits per heavy atom. The van der Waals surface area contributed by atoms with E-state index in [0.717, 1.165) is 24.0 Å². The molecule has 130 valence electrons. The van der Waals surface area contributed by atoms with Crippen LogP contribution in [0, 0.1) is 5.92 Å². The molecule has 1 aliphatic rings. The number of carbonyl (C=O) groups excluding carboxylic acids is 2. The van der Waals surface area contributed by atoms with Crippen molar-refractivity contribution in [3.63, 3.8) is 0 Å². The number of hydrogen-bond acceptors (Lipinski definition) is 3. The number of piperidine rings is 1. The van der Waals surface area contributed by atoms with Crippen LogP contribution in [0.5, 0.6) is 0 Å². The van der Waals surface area contributed by atoms with Crippen molar-refractivity contribution in [1.29, 1.82) is 0 Å². The predicted molar refractivity (Wildman–Crippen MR) is 96.6 cm³/mol. The molecular weight excluding hydrogens is 314 g/mol. The van der Waals surface area contributed by atoms with Crippen LogP contribution in [-0.4, -0.2) is 36.8 Å². The summed E-state index contributed by atoms with van der Waals surface area (Å²) in [5.41, 5.74) is 2.43. The third kappa shape index (κ3) is 4.15. The lowest BCUT2D eigenvalue weighted by atomic mass is 9.88. The number of hydrogen-bond donors (Lipinski definition) is 0. The molecule has 3 rings (SSSR count). The van der Waals surface area contributed by atoms with Crippen LogP contribution in [0.4, 0.5) is 0 Å². The van der Waals surface area contributed by atoms with Gasteiger partial charge in [0.1, 0.15) is 0 Å². The van der Waals surface area contributed by atoms with Crippen LogP contribution in [0.3, 0.4) is 0 Å². The Balaban J connectivity index is 1.61. The van der Waals surface area contributed by atoms with Gasteiger partial charge in [0.25, 0.3) is 5.91 Å². The molecule has 2 aromatic rings. The zero-order chi connectivity index (χ0) is 17.6. The van der Waals surface area contributed by atoms with E-state index in [2.05, 4.69) is 0 Å². The molecule has 0 atom stereocenters. The Morgan fingerprint density at radius 2 is 1.68 bits per heavy atom. The van der Waals surface area contributed by atoms with Crippen molar-refractivity contribution in [2.75, 3.05) is 20.2 Å². The van der Waals surface area contributed by atoms with Gasteiger partial charge in [-0.25, -0.2) is 0 Å². The van der Waals surface area contributed by atoms with Crippen molar-refractivity contribution in [3.8, 4) is 0 Å². The standard InChI is InChI=1S/C21H23NO3/c1-25-15-16-6-5-9-19(14-16)21(24)22-12-10-18(11-13-22)20(23)17-7-3-2-4-8-17/h2-9,14,18H,10-13,15H2,1H3. The van der Waals surface area contributed by atoms with Crippen LogP contribution >= 0.6 is 0 Å². The van der Waals surface area contributed by atoms with Crippen molar-refractivity contribution in [2.45, 2.75) is 19.4 Å². The summed E-state index contributed by atoms with van der Waals surface area (Å²) in [6, 6.07) is 17.0. The third-order valence-electron chi connectivity index (χ3n) is 4.70. The first-order chi connectivity index (χ1) is 12.2. The maximum absolute atomic E-state index is 12.7. The van der Waals surface area contributed by atoms with E-state index in [-0.39, 0.29) is 17.6 Å². The molecule has 0 bridgehead atoms. The minimum atomic E-state index is 0.00581. The maximum atomic E-state index is 12.7. The highest BCUT2D eigenvalue weighted by Crippen LogP contribution is 2.23. The fraction of sp³-hybridized carbons (Fsp3) is 0.333. The third-order valence-corrected chi connectivity index (χ3v) is 4.70. The largest absolute Gasteiger partial charge is 0.380 e. The van der Waals surface area contributed by atoms with Crippen LogP contribution in [-0.2, 0) is 11.3 Å². The highest BCUT2D eigenvalue weighted by Gasteiger charge is 2.28. The molecule has 0 unspecified atom stereocenters. The molecule has 4 heteroatoms. The Bertz CT molecular complexity index is 734. The highest BCUT2D eigenvalue weighted by molar-refractivity contribution is 5.98. The summed E-state index contributed by atoms with van der Waals surface area (Å²) in [6.45, 7) is 1.74. The van der Waals surface area contributed by atoms with Crippen molar-refractivity contribution >= 4 is 11.7 Å². The first kappa shape index (κ1) is 17.4. The normalized spacial score (nSPS) is 15.2. The van der Waals surface area contributed by atoms with Crippen LogP contribution < -0.4 is 0 Å². The minimum Gasteiger partial charge on any atom is -0.380 e. The lowest BCUT2D eigenvalue weighted by Crippen LogP contribution is -2.40. The Morgan fingerprint density at radius 1 is 1.00 bits per heavy atom. The number of methoxy groups -OCH3 is 1. The van der Waals surface area contributed by atoms with E-state index in [1.165, 1.54) is 0 Å². The van der Waals surface area contributed by atoms with E-state index in [1.54, 1.807) is 7.11 Å². The van der Waals surface area contributed by atoms with E-state index in [1.807, 2.05) is 59.5 Å². The van der Waals surface area contributed by atoms with Crippen LogP contribution in [0.1, 0.15) is 39.1 Å². The van der Waals surface area contributed by atoms with E-state index in [4.69, 9.17) is 4.74 Å². The SMILES string of the molecule is COCc1cccc(C(=O)N2CCC(C(=O)c3ccccc3)CC2)c1. The topological polar surface area (TPSA) is 46.6 Å². The van der Waals surface area contributed by atoms with Crippen LogP contribution in [0.25, 0.3) is 0 Å². The molecule has 4 nitrogen and oxygen atoms in total. The monoisotopic (exact) mass is 337 g/mol. The molecule has 0 spiro atoms. The number of rotatable bonds is 5. The average molecular weight is 337 g/mol. The molecule has 0 aromatic heterocycles. The Hall–Kier alpha value is -2.46. The van der Waals surface area contributed by atoms with Gasteiger partial charge in [0.05, 0.1) is 6.61 Å². The van der Waals surface area contributed by atoms with E-state index < -0.39 is 0 Å². The van der Waals surface area contributed by atoms with Gasteiger partial charge in [-0.1, -0.05) is 42.5 Å². The zero-order valence-electron chi connectivity index (χ0n) is 14.5. The molecule has 1 aliphatic heterocycles. The van der Waals surface area contributed by atoms with Gasteiger partial charge in [0.2, 0.25) is 0 Å². The number of likely N-dealkylation sites (tertiary alicyclic amines) is 1. The summed E-state index contributed by atoms with van der Waals surface area (Å²) in [5, 5.41) is 0. The van der Waals surface area contributed by atoms with Crippen molar-refractivity contribution in [3.05, 3.63) is 71.3 Å². The summed E-state index contributed by atoms with van der Waals surface area (Å²) < 4.78 is 5.13. The summed E-state index contributed by atoms with van der Waals surface area (Å²) >= 11 is 0. The first-order valence-corrected chi connectivity index (χ1v) is 8.65. The second-order valence-corrected chi connectivity index (χ2v) is 6.43. The predicted octanol–water partition coefficient (Wildman–Crippen LogP) is 3.57. The fourth-order valence-electron chi connectivity index (χ4n) is 3.33. The Labute approximate surface area is 148 Å². The van der Waals surface area contributed by atoms with Gasteiger partial charge in [0, 0.05) is 37.2 Å². The van der Waals surface area contributed by atoms with E-state index in [9.17, 15) is 9.59 Å². The minimum absolute atomic E-state index is 0.00581. The maximum Gasteiger partial charge on any atom is 0.253 e. The number of ether oxygens (including phenoxy) is 1. The summed E-state index contributed by atoms with van der Waals surface area (Å²) in [6.07, 6.45) is 1.44. The second kappa shape index (κ2) is 8.08. The molecular formula is C21H23NO3. The summed E-state index contributed by atoms with van der Waals surface area (Å²) in [5.74, 6) is 0.227. The molecule has 0 saturated carbocycles. The number of nitrogens with zero attached hydrogens (tertiary/aromatic N) is 1. The Kier molecular flexibility index (Phi) is 5.61. The van der Waals surface area contributed by atoms with Gasteiger partial charge in [-0.05, 0) is 30.5 Å². The lowest BCUT2D eigenvalue weighted by molar-refractivity contribution is 0.0650. The van der Waals surface area contributed by atoms with Gasteiger partial charge in [0.15, 0.2) is 5.78 Å². The van der Waals surface area contributed by atoms with Gasteiger partial charge < -0.3 is 9.64 Å². The molecule has 0 N–H and O–H groups in total. The molecule has 1 heterocycles. The number of ketones is 1. The quantitative estimate of drug-likeness (QED) is 0.784. The van der Waals surface area contributed by atoms with Gasteiger partial charge >= 0.3 is 0 Å². The van der Waals surface area contributed by atoms with Crippen molar-refractivity contribution in [1.82, 2.24) is 4.90 Å². The number of Topliss-reactive ketones (excluding diaryl/α,β-unsaturated/α-hetero) is 1. The molecule has 0 radical (unpaired) electrons. The van der Waals surface area contributed by atoms with Crippen molar-refractivity contribution in [2.24, 2.45) is 5.92 Å². The van der Waals surface area contributed by atoms with Crippen LogP contribution in [0.2, 0.25) is 0 Å². The lowest BCUT2D eigenvalue weighted by Gasteiger charge is -2.31. The van der Waals surface area contributed by atoms with Crippen LogP contribution in [0.15, 0.2) is 54.6 Å². The van der Waals surface area contributed by atoms with E-state index in [0.29, 0.717) is 25.3 Å². The van der Waals surface area contributed by atoms with E-state index >= 15 is 0 Å². The van der Waals surface area contributed by atoms with Gasteiger partial charge in [-0.2, -0.15) is 0 Å². The zero-order valence-corrected chi connectivity index (χ0v) is 14.5. The number of amides is 1. The molecule has 25 heavy (non-hydrogen) atoms. The molecule has 0 aliphatic carbocycles. The number of benzene rings is 2. The highest BCUT2D eigenvalue weighted by atomic mass is 16.5. The summed E-state index contributed by atoms with van der Waals surface area (Å²) in [4.78, 5) is 27.1. The smallest absolute Gasteiger partial charge is 0.253 e.